The standard InChI is InChI=1S/C12H10BrNO4S.H3N/c13-9-5-8-3-1-2-4-10(8)11(6-9)14-12(15)7-19(16,17)18;/h1-6H,7H2,(H,14,15)(H,16,17,18);1H3. The average molecular weight is 361 g/mol. The van der Waals surface area contributed by atoms with Gasteiger partial charge in [-0.15, -0.1) is 0 Å². The van der Waals surface area contributed by atoms with Crippen molar-refractivity contribution in [2.45, 2.75) is 0 Å². The summed E-state index contributed by atoms with van der Waals surface area (Å²) in [7, 11) is -4.33. The van der Waals surface area contributed by atoms with Crippen LogP contribution in [0.3, 0.4) is 0 Å². The molecule has 0 atom stereocenters. The van der Waals surface area contributed by atoms with E-state index in [1.54, 1.807) is 6.07 Å². The number of amides is 1. The third-order valence-electron chi connectivity index (χ3n) is 2.41. The summed E-state index contributed by atoms with van der Waals surface area (Å²) in [6, 6.07) is 10.9. The second-order valence-electron chi connectivity index (χ2n) is 3.95. The highest BCUT2D eigenvalue weighted by atomic mass is 79.9. The van der Waals surface area contributed by atoms with Gasteiger partial charge in [-0.05, 0) is 17.5 Å². The van der Waals surface area contributed by atoms with E-state index in [9.17, 15) is 13.2 Å². The first-order chi connectivity index (χ1) is 8.85. The van der Waals surface area contributed by atoms with Crippen LogP contribution in [-0.2, 0) is 14.9 Å². The third-order valence-corrected chi connectivity index (χ3v) is 3.50. The van der Waals surface area contributed by atoms with Crippen molar-refractivity contribution >= 4 is 48.4 Å². The van der Waals surface area contributed by atoms with Crippen LogP contribution in [0.25, 0.3) is 10.8 Å². The third kappa shape index (κ3) is 4.27. The lowest BCUT2D eigenvalue weighted by molar-refractivity contribution is -0.113. The fourth-order valence-electron chi connectivity index (χ4n) is 1.73. The molecule has 20 heavy (non-hydrogen) atoms. The smallest absolute Gasteiger partial charge is 0.274 e. The SMILES string of the molecule is N.O=C(CS(=O)(=O)O)Nc1cc(Br)cc2ccccc12. The molecule has 0 aliphatic heterocycles. The molecule has 0 unspecified atom stereocenters. The summed E-state index contributed by atoms with van der Waals surface area (Å²) in [6.45, 7) is 0. The number of fused-ring (bicyclic) bond motifs is 1. The van der Waals surface area contributed by atoms with Crippen LogP contribution in [0.4, 0.5) is 5.69 Å². The maximum atomic E-state index is 11.5. The molecule has 108 valence electrons. The lowest BCUT2D eigenvalue weighted by atomic mass is 10.1. The number of hydrogen-bond donors (Lipinski definition) is 3. The Hall–Kier alpha value is -1.48. The Labute approximate surface area is 124 Å². The zero-order valence-electron chi connectivity index (χ0n) is 10.3. The second-order valence-corrected chi connectivity index (χ2v) is 6.32. The fourth-order valence-corrected chi connectivity index (χ4v) is 2.61. The number of halogens is 1. The molecule has 8 heteroatoms. The summed E-state index contributed by atoms with van der Waals surface area (Å²) in [5, 5.41) is 4.16. The highest BCUT2D eigenvalue weighted by molar-refractivity contribution is 9.10. The minimum atomic E-state index is -4.33. The molecule has 5 N–H and O–H groups in total. The fraction of sp³-hybridized carbons (Fsp3) is 0.0833. The van der Waals surface area contributed by atoms with Gasteiger partial charge in [0.1, 0.15) is 0 Å². The van der Waals surface area contributed by atoms with E-state index in [2.05, 4.69) is 21.2 Å². The van der Waals surface area contributed by atoms with E-state index in [0.717, 1.165) is 15.2 Å². The van der Waals surface area contributed by atoms with E-state index in [4.69, 9.17) is 4.55 Å². The average Bonchev–Trinajstić information content (AvgIpc) is 2.25. The summed E-state index contributed by atoms with van der Waals surface area (Å²) in [5.41, 5.74) is 0.485. The molecule has 2 rings (SSSR count). The minimum absolute atomic E-state index is 0. The molecule has 0 heterocycles. The Morgan fingerprint density at radius 2 is 1.90 bits per heavy atom. The van der Waals surface area contributed by atoms with Gasteiger partial charge in [-0.3, -0.25) is 9.35 Å². The van der Waals surface area contributed by atoms with Gasteiger partial charge in [0, 0.05) is 15.5 Å². The van der Waals surface area contributed by atoms with E-state index < -0.39 is 21.8 Å². The van der Waals surface area contributed by atoms with E-state index >= 15 is 0 Å². The normalized spacial score (nSPS) is 10.9. The number of anilines is 1. The van der Waals surface area contributed by atoms with Crippen LogP contribution in [-0.4, -0.2) is 24.6 Å². The van der Waals surface area contributed by atoms with Crippen LogP contribution in [0.1, 0.15) is 0 Å². The molecule has 2 aromatic rings. The Kier molecular flexibility index (Phi) is 5.23. The van der Waals surface area contributed by atoms with Crippen LogP contribution in [0, 0.1) is 0 Å². The van der Waals surface area contributed by atoms with Crippen molar-refractivity contribution < 1.29 is 17.8 Å². The second kappa shape index (κ2) is 6.31. The van der Waals surface area contributed by atoms with Crippen molar-refractivity contribution in [1.29, 1.82) is 0 Å². The van der Waals surface area contributed by atoms with Gasteiger partial charge in [-0.25, -0.2) is 0 Å². The van der Waals surface area contributed by atoms with Gasteiger partial charge in [-0.2, -0.15) is 8.42 Å². The van der Waals surface area contributed by atoms with Gasteiger partial charge in [0.15, 0.2) is 5.75 Å². The first kappa shape index (κ1) is 16.6. The number of nitrogens with one attached hydrogen (secondary N) is 1. The number of rotatable bonds is 3. The largest absolute Gasteiger partial charge is 0.344 e. The lowest BCUT2D eigenvalue weighted by Gasteiger charge is -2.09. The Morgan fingerprint density at radius 1 is 1.25 bits per heavy atom. The quantitative estimate of drug-likeness (QED) is 0.726. The molecule has 0 saturated heterocycles. The highest BCUT2D eigenvalue weighted by Crippen LogP contribution is 2.28. The van der Waals surface area contributed by atoms with Crippen molar-refractivity contribution in [3.63, 3.8) is 0 Å². The number of hydrogen-bond acceptors (Lipinski definition) is 4. The molecule has 0 aliphatic rings. The molecular weight excluding hydrogens is 348 g/mol. The molecule has 0 radical (unpaired) electrons. The number of carbonyl (C=O) groups excluding carboxylic acids is 1. The summed E-state index contributed by atoms with van der Waals surface area (Å²) in [6.07, 6.45) is 0. The number of carbonyl (C=O) groups is 1. The molecule has 2 aromatic carbocycles. The molecule has 0 spiro atoms. The van der Waals surface area contributed by atoms with Gasteiger partial charge < -0.3 is 11.5 Å². The molecule has 0 fully saturated rings. The Bertz CT molecular complexity index is 746. The van der Waals surface area contributed by atoms with Gasteiger partial charge >= 0.3 is 0 Å². The van der Waals surface area contributed by atoms with Crippen molar-refractivity contribution in [3.05, 3.63) is 40.9 Å². The van der Waals surface area contributed by atoms with Gasteiger partial charge in [0.05, 0.1) is 0 Å². The van der Waals surface area contributed by atoms with E-state index in [-0.39, 0.29) is 6.15 Å². The Balaban J connectivity index is 0.00000200. The van der Waals surface area contributed by atoms with Crippen LogP contribution in [0.15, 0.2) is 40.9 Å². The van der Waals surface area contributed by atoms with Crippen molar-refractivity contribution in [2.24, 2.45) is 0 Å². The van der Waals surface area contributed by atoms with Crippen molar-refractivity contribution in [2.75, 3.05) is 11.1 Å². The molecule has 0 bridgehead atoms. The van der Waals surface area contributed by atoms with Crippen LogP contribution in [0.2, 0.25) is 0 Å². The molecular formula is C12H13BrN2O4S. The van der Waals surface area contributed by atoms with Crippen LogP contribution >= 0.6 is 15.9 Å². The molecule has 0 saturated carbocycles. The molecule has 0 aliphatic carbocycles. The van der Waals surface area contributed by atoms with E-state index in [1.165, 1.54) is 0 Å². The number of benzene rings is 2. The zero-order valence-corrected chi connectivity index (χ0v) is 12.7. The first-order valence-electron chi connectivity index (χ1n) is 5.28. The van der Waals surface area contributed by atoms with Gasteiger partial charge in [0.2, 0.25) is 5.91 Å². The summed E-state index contributed by atoms with van der Waals surface area (Å²) in [4.78, 5) is 11.5. The van der Waals surface area contributed by atoms with E-state index in [0.29, 0.717) is 5.69 Å². The topological polar surface area (TPSA) is 118 Å². The summed E-state index contributed by atoms with van der Waals surface area (Å²) < 4.78 is 30.7. The minimum Gasteiger partial charge on any atom is -0.344 e. The monoisotopic (exact) mass is 360 g/mol. The van der Waals surface area contributed by atoms with Gasteiger partial charge in [-0.1, -0.05) is 40.2 Å². The maximum Gasteiger partial charge on any atom is 0.274 e. The molecule has 6 nitrogen and oxygen atoms in total. The maximum absolute atomic E-state index is 11.5. The molecule has 1 amide bonds. The van der Waals surface area contributed by atoms with E-state index in [1.807, 2.05) is 30.3 Å². The molecule has 0 aromatic heterocycles. The summed E-state index contributed by atoms with van der Waals surface area (Å²) in [5.74, 6) is -1.75. The zero-order chi connectivity index (χ0) is 14.0. The first-order valence-corrected chi connectivity index (χ1v) is 7.69. The van der Waals surface area contributed by atoms with Crippen LogP contribution < -0.4 is 11.5 Å². The van der Waals surface area contributed by atoms with Gasteiger partial charge in [0.25, 0.3) is 10.1 Å². The van der Waals surface area contributed by atoms with Crippen molar-refractivity contribution in [3.8, 4) is 0 Å². The van der Waals surface area contributed by atoms with Crippen molar-refractivity contribution in [1.82, 2.24) is 6.15 Å². The predicted octanol–water partition coefficient (Wildman–Crippen LogP) is 2.59. The van der Waals surface area contributed by atoms with Crippen LogP contribution in [0.5, 0.6) is 0 Å². The lowest BCUT2D eigenvalue weighted by Crippen LogP contribution is -2.22. The Morgan fingerprint density at radius 3 is 2.55 bits per heavy atom. The predicted molar refractivity (Wildman–Crippen MR) is 81.7 cm³/mol. The highest BCUT2D eigenvalue weighted by Gasteiger charge is 2.14. The summed E-state index contributed by atoms with van der Waals surface area (Å²) >= 11 is 3.32.